The van der Waals surface area contributed by atoms with Crippen LogP contribution < -0.4 is 32.3 Å². The number of unbranched alkanes of at least 4 members (excludes halogenated alkanes) is 1. The summed E-state index contributed by atoms with van der Waals surface area (Å²) in [5.41, 5.74) is 7.57. The van der Waals surface area contributed by atoms with E-state index in [1.54, 1.807) is 0 Å². The van der Waals surface area contributed by atoms with Crippen molar-refractivity contribution < 1.29 is 42.9 Å². The molecule has 2 radical (unpaired) electrons. The van der Waals surface area contributed by atoms with Gasteiger partial charge in [0, 0.05) is 33.6 Å². The lowest BCUT2D eigenvalue weighted by atomic mass is 10.0. The van der Waals surface area contributed by atoms with Crippen LogP contribution in [0.3, 0.4) is 0 Å². The molecular formula is C32H52N6O9. The minimum atomic E-state index is -0.686. The lowest BCUT2D eigenvalue weighted by Gasteiger charge is -2.19. The van der Waals surface area contributed by atoms with Gasteiger partial charge in [-0.15, -0.1) is 0 Å². The van der Waals surface area contributed by atoms with E-state index in [0.29, 0.717) is 58.5 Å². The number of ether oxygens (including phenoxy) is 4. The monoisotopic (exact) mass is 664 g/mol. The molecule has 1 aromatic carbocycles. The zero-order valence-corrected chi connectivity index (χ0v) is 27.6. The van der Waals surface area contributed by atoms with E-state index < -0.39 is 18.0 Å². The average Bonchev–Trinajstić information content (AvgIpc) is 3.03. The number of carbonyl (C=O) groups excluding carboxylic acids is 5. The molecule has 0 aromatic heterocycles. The smallest absolute Gasteiger partial charge is 0.246 e. The van der Waals surface area contributed by atoms with E-state index in [1.165, 1.54) is 6.92 Å². The molecule has 0 aliphatic heterocycles. The molecule has 0 fully saturated rings. The highest BCUT2D eigenvalue weighted by molar-refractivity contribution is 5.87. The molecule has 0 saturated heterocycles. The number of aryl methyl sites for hydroxylation is 1. The standard InChI is InChI=1S/C32H52N6O9/c1-24-7-9-26(10-8-24)20-28(32(33)43)38-21-29(40)27(34-3)6-4-5-11-36-30(41)22-46-19-17-45-15-13-37-31(42)23-47-18-16-44-14-12-35-25(2)39/h3,7-10,27-28,34,38H,4-6,11-23H2,1-2H3,(H2,33,43)(H,35,39)(H,36,41)(H,37,42)/t27-,28-/m0/s1. The van der Waals surface area contributed by atoms with Crippen LogP contribution in [-0.4, -0.2) is 121 Å². The van der Waals surface area contributed by atoms with E-state index in [2.05, 4.69) is 26.6 Å². The summed E-state index contributed by atoms with van der Waals surface area (Å²) in [6.45, 7) is 5.99. The minimum absolute atomic E-state index is 0.0591. The molecule has 0 aliphatic rings. The first-order valence-corrected chi connectivity index (χ1v) is 15.8. The Morgan fingerprint density at radius 1 is 0.745 bits per heavy atom. The summed E-state index contributed by atoms with van der Waals surface area (Å²) in [6.07, 6.45) is 2.11. The Morgan fingerprint density at radius 2 is 1.30 bits per heavy atom. The first-order chi connectivity index (χ1) is 22.6. The fourth-order valence-corrected chi connectivity index (χ4v) is 4.05. The summed E-state index contributed by atoms with van der Waals surface area (Å²) < 4.78 is 21.1. The second-order valence-electron chi connectivity index (χ2n) is 10.7. The Labute approximate surface area is 277 Å². The van der Waals surface area contributed by atoms with Gasteiger partial charge < -0.3 is 45.9 Å². The van der Waals surface area contributed by atoms with E-state index in [-0.39, 0.29) is 69.7 Å². The molecule has 0 saturated carbocycles. The lowest BCUT2D eigenvalue weighted by molar-refractivity contribution is -0.127. The molecule has 0 bridgehead atoms. The number of benzene rings is 1. The minimum Gasteiger partial charge on any atom is -0.377 e. The predicted molar refractivity (Wildman–Crippen MR) is 174 cm³/mol. The maximum Gasteiger partial charge on any atom is 0.246 e. The van der Waals surface area contributed by atoms with Crippen molar-refractivity contribution in [1.29, 1.82) is 0 Å². The Morgan fingerprint density at radius 3 is 1.85 bits per heavy atom. The Kier molecular flexibility index (Phi) is 23.5. The average molecular weight is 665 g/mol. The van der Waals surface area contributed by atoms with Crippen LogP contribution in [-0.2, 0) is 49.3 Å². The molecule has 0 spiro atoms. The third kappa shape index (κ3) is 22.7. The van der Waals surface area contributed by atoms with E-state index in [9.17, 15) is 24.0 Å². The van der Waals surface area contributed by atoms with Crippen molar-refractivity contribution >= 4 is 29.4 Å². The van der Waals surface area contributed by atoms with Gasteiger partial charge in [-0.2, -0.15) is 0 Å². The molecule has 15 heteroatoms. The second-order valence-corrected chi connectivity index (χ2v) is 10.7. The second kappa shape index (κ2) is 26.6. The van der Waals surface area contributed by atoms with Gasteiger partial charge in [0.25, 0.3) is 0 Å². The van der Waals surface area contributed by atoms with Gasteiger partial charge in [-0.3, -0.25) is 29.3 Å². The number of hydrogen-bond acceptors (Lipinski definition) is 11. The molecule has 7 N–H and O–H groups in total. The summed E-state index contributed by atoms with van der Waals surface area (Å²) in [6, 6.07) is 6.46. The van der Waals surface area contributed by atoms with Crippen molar-refractivity contribution in [2.24, 2.45) is 5.73 Å². The molecule has 0 heterocycles. The molecule has 264 valence electrons. The molecule has 0 aliphatic carbocycles. The number of nitrogens with two attached hydrogens (primary N) is 1. The molecular weight excluding hydrogens is 612 g/mol. The number of Topliss-reactive ketones (excluding diaryl/α,β-unsaturated/α-hetero) is 1. The topological polar surface area (TPSA) is 208 Å². The lowest BCUT2D eigenvalue weighted by Crippen LogP contribution is -2.48. The fourth-order valence-electron chi connectivity index (χ4n) is 4.05. The Bertz CT molecular complexity index is 1060. The third-order valence-corrected chi connectivity index (χ3v) is 6.66. The summed E-state index contributed by atoms with van der Waals surface area (Å²) >= 11 is 0. The molecule has 4 amide bonds. The van der Waals surface area contributed by atoms with Crippen molar-refractivity contribution in [2.45, 2.75) is 51.6 Å². The number of hydrogen-bond donors (Lipinski definition) is 6. The fraction of sp³-hybridized carbons (Fsp3) is 0.625. The molecule has 1 rings (SSSR count). The van der Waals surface area contributed by atoms with Crippen molar-refractivity contribution in [3.8, 4) is 0 Å². The van der Waals surface area contributed by atoms with Crippen molar-refractivity contribution in [3.05, 3.63) is 42.4 Å². The number of ketones is 1. The number of primary amides is 1. The molecule has 0 unspecified atom stereocenters. The van der Waals surface area contributed by atoms with Crippen LogP contribution >= 0.6 is 0 Å². The van der Waals surface area contributed by atoms with Gasteiger partial charge >= 0.3 is 0 Å². The molecule has 47 heavy (non-hydrogen) atoms. The maximum atomic E-state index is 12.6. The summed E-state index contributed by atoms with van der Waals surface area (Å²) in [7, 11) is 5.58. The van der Waals surface area contributed by atoms with Crippen molar-refractivity contribution in [2.75, 3.05) is 79.0 Å². The summed E-state index contributed by atoms with van der Waals surface area (Å²) in [5.74, 6) is -1.39. The third-order valence-electron chi connectivity index (χ3n) is 6.66. The SMILES string of the molecule is [CH]N[C@@H](CCCCNC(=O)COCCOCCNC(=O)COCCOCCNC(C)=O)C(=O)CN[C@@H](Cc1ccc(C)cc1)C(N)=O. The Balaban J connectivity index is 2.02. The predicted octanol–water partition coefficient (Wildman–Crippen LogP) is -1.22. The van der Waals surface area contributed by atoms with Crippen LogP contribution in [0.15, 0.2) is 24.3 Å². The normalized spacial score (nSPS) is 12.2. The Hall–Kier alpha value is -3.47. The highest BCUT2D eigenvalue weighted by atomic mass is 16.5. The molecule has 15 nitrogen and oxygen atoms in total. The van der Waals surface area contributed by atoms with Gasteiger partial charge in [-0.1, -0.05) is 29.8 Å². The van der Waals surface area contributed by atoms with Gasteiger partial charge in [0.2, 0.25) is 23.6 Å². The maximum absolute atomic E-state index is 12.6. The number of amides is 4. The van der Waals surface area contributed by atoms with E-state index in [1.807, 2.05) is 31.2 Å². The van der Waals surface area contributed by atoms with Crippen LogP contribution in [0.5, 0.6) is 0 Å². The van der Waals surface area contributed by atoms with Crippen LogP contribution in [0, 0.1) is 14.0 Å². The van der Waals surface area contributed by atoms with Crippen LogP contribution in [0.2, 0.25) is 0 Å². The summed E-state index contributed by atoms with van der Waals surface area (Å²) in [5, 5.41) is 13.5. The van der Waals surface area contributed by atoms with Gasteiger partial charge in [-0.05, 0) is 38.2 Å². The number of rotatable bonds is 29. The number of nitrogens with one attached hydrogen (secondary N) is 5. The van der Waals surface area contributed by atoms with Crippen molar-refractivity contribution in [1.82, 2.24) is 26.6 Å². The van der Waals surface area contributed by atoms with E-state index >= 15 is 0 Å². The van der Waals surface area contributed by atoms with Crippen LogP contribution in [0.1, 0.15) is 37.3 Å². The van der Waals surface area contributed by atoms with Crippen LogP contribution in [0.4, 0.5) is 0 Å². The van der Waals surface area contributed by atoms with Crippen molar-refractivity contribution in [3.63, 3.8) is 0 Å². The molecule has 1 aromatic rings. The van der Waals surface area contributed by atoms with Crippen LogP contribution in [0.25, 0.3) is 0 Å². The zero-order chi connectivity index (χ0) is 34.7. The highest BCUT2D eigenvalue weighted by Crippen LogP contribution is 2.07. The van der Waals surface area contributed by atoms with Gasteiger partial charge in [0.1, 0.15) is 13.2 Å². The van der Waals surface area contributed by atoms with E-state index in [0.717, 1.165) is 11.1 Å². The number of carbonyl (C=O) groups is 5. The van der Waals surface area contributed by atoms with Gasteiger partial charge in [0.15, 0.2) is 5.78 Å². The highest BCUT2D eigenvalue weighted by Gasteiger charge is 2.21. The molecule has 2 atom stereocenters. The quantitative estimate of drug-likeness (QED) is 0.0442. The largest absolute Gasteiger partial charge is 0.377 e. The van der Waals surface area contributed by atoms with E-state index in [4.69, 9.17) is 31.7 Å². The zero-order valence-electron chi connectivity index (χ0n) is 27.6. The summed E-state index contributed by atoms with van der Waals surface area (Å²) in [4.78, 5) is 58.9. The van der Waals surface area contributed by atoms with Gasteiger partial charge in [0.05, 0.1) is 58.3 Å². The first kappa shape index (κ1) is 41.6. The first-order valence-electron chi connectivity index (χ1n) is 15.8. The van der Waals surface area contributed by atoms with Gasteiger partial charge in [-0.25, -0.2) is 0 Å².